The molecule has 5 nitrogen and oxygen atoms in total. The van der Waals surface area contributed by atoms with Crippen molar-refractivity contribution in [3.63, 3.8) is 0 Å². The zero-order valence-corrected chi connectivity index (χ0v) is 41.4. The van der Waals surface area contributed by atoms with Gasteiger partial charge in [-0.05, 0) is 85.2 Å². The van der Waals surface area contributed by atoms with Crippen molar-refractivity contribution in [3.8, 4) is 50.9 Å². The largest absolute Gasteiger partial charge is 0.510 e. The fourth-order valence-electron chi connectivity index (χ4n) is 8.72. The quantitative estimate of drug-likeness (QED) is 0.118. The first-order valence-corrected chi connectivity index (χ1v) is 22.3. The maximum atomic E-state index is 8.63. The van der Waals surface area contributed by atoms with Gasteiger partial charge < -0.3 is 13.9 Å². The van der Waals surface area contributed by atoms with E-state index in [-0.39, 0.29) is 59.8 Å². The van der Waals surface area contributed by atoms with Gasteiger partial charge in [0.05, 0.1) is 23.6 Å². The maximum absolute atomic E-state index is 8.63. The summed E-state index contributed by atoms with van der Waals surface area (Å²) in [5.41, 5.74) is 9.95. The third kappa shape index (κ3) is 8.55. The van der Waals surface area contributed by atoms with Crippen LogP contribution in [0.3, 0.4) is 0 Å². The van der Waals surface area contributed by atoms with Gasteiger partial charge in [0.25, 0.3) is 6.33 Å². The molecule has 0 aliphatic rings. The molecule has 6 heteroatoms. The molecule has 0 spiro atoms. The molecule has 0 amide bonds. The zero-order chi connectivity index (χ0) is 53.0. The summed E-state index contributed by atoms with van der Waals surface area (Å²) in [5.74, 6) is 1.03. The number of pyridine rings is 1. The van der Waals surface area contributed by atoms with Gasteiger partial charge in [0.1, 0.15) is 5.82 Å². The molecule has 0 bridgehead atoms. The summed E-state index contributed by atoms with van der Waals surface area (Å²) in [6, 6.07) is 44.7. The Kier molecular flexibility index (Phi) is 9.42. The van der Waals surface area contributed by atoms with Gasteiger partial charge in [-0.25, -0.2) is 4.98 Å². The number of para-hydroxylation sites is 3. The fourth-order valence-corrected chi connectivity index (χ4v) is 8.72. The zero-order valence-electron chi connectivity index (χ0n) is 47.1. The summed E-state index contributed by atoms with van der Waals surface area (Å²) < 4.78 is 80.3. The number of imidazole rings is 1. The normalized spacial score (nSPS) is 14.1. The van der Waals surface area contributed by atoms with E-state index in [1.54, 1.807) is 4.57 Å². The van der Waals surface area contributed by atoms with E-state index in [4.69, 9.17) is 20.7 Å². The SMILES string of the molecule is [2H]c1c([2H])c([2H])c(-c2cnc(-n3c4[c-]c(Oc5[c-]c(-n6[c-][n+](-c7c(-c8cccc(C(C)(C)C)c8)cc(C(C)(C)C)cc7C(C)(C)C)c7ccccc76)ccc5)ccc4c4ccccc43)cc2C([2H])([2H])[2H])c([2H])c1[2H].[Pt]. The van der Waals surface area contributed by atoms with Crippen molar-refractivity contribution >= 4 is 32.8 Å². The van der Waals surface area contributed by atoms with E-state index in [2.05, 4.69) is 140 Å². The van der Waals surface area contributed by atoms with Crippen LogP contribution in [-0.2, 0) is 37.3 Å². The van der Waals surface area contributed by atoms with Gasteiger partial charge in [0.15, 0.2) is 0 Å². The number of nitrogens with zero attached hydrogens (tertiary/aromatic N) is 4. The summed E-state index contributed by atoms with van der Waals surface area (Å²) >= 11 is 0. The molecule has 10 rings (SSSR count). The van der Waals surface area contributed by atoms with Crippen LogP contribution >= 0.6 is 0 Å². The molecule has 0 N–H and O–H groups in total. The van der Waals surface area contributed by atoms with Crippen LogP contribution in [0.2, 0.25) is 0 Å². The van der Waals surface area contributed by atoms with Crippen LogP contribution in [0.1, 0.15) is 95.5 Å². The van der Waals surface area contributed by atoms with Crippen LogP contribution in [-0.4, -0.2) is 14.1 Å². The topological polar surface area (TPSA) is 35.9 Å². The third-order valence-electron chi connectivity index (χ3n) is 12.3. The number of rotatable bonds is 7. The Hall–Kier alpha value is -6.55. The van der Waals surface area contributed by atoms with Crippen LogP contribution in [0.5, 0.6) is 11.5 Å². The molecule has 338 valence electrons. The van der Waals surface area contributed by atoms with Crippen molar-refractivity contribution in [1.29, 1.82) is 0 Å². The van der Waals surface area contributed by atoms with Crippen LogP contribution in [0.25, 0.3) is 72.3 Å². The first kappa shape index (κ1) is 36.6. The predicted octanol–water partition coefficient (Wildman–Crippen LogP) is 15.1. The molecule has 0 saturated carbocycles. The number of ether oxygens (including phenoxy) is 1. The Labute approximate surface area is 421 Å². The summed E-state index contributed by atoms with van der Waals surface area (Å²) in [6.07, 6.45) is 5.06. The number of benzene rings is 7. The fraction of sp³-hybridized carbons (Fsp3) is 0.213. The summed E-state index contributed by atoms with van der Waals surface area (Å²) in [4.78, 5) is 4.71. The first-order chi connectivity index (χ1) is 34.8. The molecule has 0 radical (unpaired) electrons. The smallest absolute Gasteiger partial charge is 0.268 e. The number of aromatic nitrogens is 4. The number of hydrogen-bond donors (Lipinski definition) is 0. The van der Waals surface area contributed by atoms with Crippen LogP contribution < -0.4 is 9.30 Å². The Bertz CT molecular complexity index is 3860. The molecule has 67 heavy (non-hydrogen) atoms. The Morgan fingerprint density at radius 3 is 2.09 bits per heavy atom. The van der Waals surface area contributed by atoms with Crippen molar-refractivity contribution in [2.45, 2.75) is 85.4 Å². The molecule has 0 atom stereocenters. The van der Waals surface area contributed by atoms with Gasteiger partial charge in [0.2, 0.25) is 0 Å². The van der Waals surface area contributed by atoms with Crippen molar-refractivity contribution < 1.29 is 41.3 Å². The van der Waals surface area contributed by atoms with E-state index in [0.717, 1.165) is 44.1 Å². The molecule has 0 aliphatic carbocycles. The van der Waals surface area contributed by atoms with Crippen molar-refractivity contribution in [1.82, 2.24) is 14.1 Å². The van der Waals surface area contributed by atoms with Gasteiger partial charge >= 0.3 is 0 Å². The molecular weight excluding hydrogens is 1000 g/mol. The molecule has 3 aromatic heterocycles. The van der Waals surface area contributed by atoms with E-state index < -0.39 is 37.1 Å². The second-order valence-electron chi connectivity index (χ2n) is 20.0. The second-order valence-corrected chi connectivity index (χ2v) is 20.0. The van der Waals surface area contributed by atoms with E-state index in [1.807, 2.05) is 65.2 Å². The molecule has 0 fully saturated rings. The first-order valence-electron chi connectivity index (χ1n) is 26.3. The molecule has 0 aliphatic heterocycles. The van der Waals surface area contributed by atoms with Crippen molar-refractivity contribution in [2.24, 2.45) is 0 Å². The van der Waals surface area contributed by atoms with Crippen molar-refractivity contribution in [3.05, 3.63) is 198 Å². The third-order valence-corrected chi connectivity index (χ3v) is 12.3. The summed E-state index contributed by atoms with van der Waals surface area (Å²) in [5, 5.41) is 1.67. The van der Waals surface area contributed by atoms with Gasteiger partial charge in [-0.2, -0.15) is 18.2 Å². The number of fused-ring (bicyclic) bond motifs is 4. The van der Waals surface area contributed by atoms with Crippen LogP contribution in [0, 0.1) is 25.3 Å². The van der Waals surface area contributed by atoms with E-state index in [9.17, 15) is 0 Å². The molecule has 7 aromatic carbocycles. The summed E-state index contributed by atoms with van der Waals surface area (Å²) in [6.45, 7) is 17.6. The van der Waals surface area contributed by atoms with Crippen LogP contribution in [0.15, 0.2) is 158 Å². The van der Waals surface area contributed by atoms with Gasteiger partial charge in [-0.3, -0.25) is 4.57 Å². The second kappa shape index (κ2) is 17.3. The monoisotopic (exact) mass is 1060 g/mol. The van der Waals surface area contributed by atoms with Gasteiger partial charge in [-0.1, -0.05) is 177 Å². The summed E-state index contributed by atoms with van der Waals surface area (Å²) in [7, 11) is 0. The van der Waals surface area contributed by atoms with Crippen molar-refractivity contribution in [2.75, 3.05) is 0 Å². The molecule has 0 unspecified atom stereocenters. The van der Waals surface area contributed by atoms with Gasteiger partial charge in [0, 0.05) is 54.0 Å². The Morgan fingerprint density at radius 1 is 0.627 bits per heavy atom. The standard InChI is InChI=1S/C61H56N4O.Pt/c1-40-32-57(62-38-51(40)41-20-12-11-13-21-41)65-53-27-15-14-26-48(53)49-31-30-47(37-56(49)65)66-46-25-19-24-45(36-46)63-39-64(55-29-17-16-28-54(55)63)58-50(42-22-18-23-43(33-42)59(2,3)4)34-44(60(5,6)7)35-52(58)61(8,9)10;/h11-35,38H,1-10H3;/q-2;/i1D3,11D,12D,13D,20D,21D;. The molecule has 0 saturated heterocycles. The Morgan fingerprint density at radius 2 is 1.34 bits per heavy atom. The Balaban J connectivity index is 0.00000689. The van der Waals surface area contributed by atoms with Gasteiger partial charge in [-0.15, -0.1) is 29.7 Å². The molecule has 10 aromatic rings. The van der Waals surface area contributed by atoms with E-state index in [1.165, 1.54) is 29.0 Å². The minimum absolute atomic E-state index is 0. The number of aryl methyl sites for hydroxylation is 1. The van der Waals surface area contributed by atoms with E-state index in [0.29, 0.717) is 22.7 Å². The minimum atomic E-state index is -2.75. The molecule has 3 heterocycles. The number of hydrogen-bond acceptors (Lipinski definition) is 2. The average molecular weight is 1060 g/mol. The molecular formula is C61H56N4OPt-2. The van der Waals surface area contributed by atoms with E-state index >= 15 is 0 Å². The van der Waals surface area contributed by atoms with Crippen LogP contribution in [0.4, 0.5) is 0 Å². The predicted molar refractivity (Wildman–Crippen MR) is 272 cm³/mol. The minimum Gasteiger partial charge on any atom is -0.510 e. The average Bonchev–Trinajstić information content (AvgIpc) is 3.90. The maximum Gasteiger partial charge on any atom is 0.268 e.